The standard InChI is InChI=1S/C19H18ClFN6O/c20-15-3-1-2-14(12-15)19(28)26-10-8-25(9-11-26)13-18-22-23-24-27(18)17-6-4-16(21)5-7-17/h1-7,12H,8-11,13H2. The van der Waals surface area contributed by atoms with Crippen LogP contribution in [0.1, 0.15) is 16.2 Å². The van der Waals surface area contributed by atoms with Gasteiger partial charge in [-0.2, -0.15) is 4.68 Å². The van der Waals surface area contributed by atoms with Gasteiger partial charge in [-0.05, 0) is 52.9 Å². The van der Waals surface area contributed by atoms with E-state index in [0.717, 1.165) is 0 Å². The van der Waals surface area contributed by atoms with Crippen LogP contribution in [0.2, 0.25) is 5.02 Å². The molecule has 1 aliphatic rings. The zero-order chi connectivity index (χ0) is 19.5. The highest BCUT2D eigenvalue weighted by Crippen LogP contribution is 2.16. The molecule has 0 radical (unpaired) electrons. The molecule has 0 aliphatic carbocycles. The van der Waals surface area contributed by atoms with E-state index in [0.29, 0.717) is 54.8 Å². The predicted molar refractivity (Wildman–Crippen MR) is 102 cm³/mol. The highest BCUT2D eigenvalue weighted by atomic mass is 35.5. The maximum absolute atomic E-state index is 13.1. The molecular formula is C19H18ClFN6O. The summed E-state index contributed by atoms with van der Waals surface area (Å²) in [6.45, 7) is 3.20. The number of amides is 1. The number of carbonyl (C=O) groups excluding carboxylic acids is 1. The van der Waals surface area contributed by atoms with Crippen LogP contribution in [0, 0.1) is 5.82 Å². The maximum atomic E-state index is 13.1. The number of tetrazole rings is 1. The molecule has 1 aliphatic heterocycles. The highest BCUT2D eigenvalue weighted by molar-refractivity contribution is 6.30. The van der Waals surface area contributed by atoms with Crippen molar-refractivity contribution < 1.29 is 9.18 Å². The Kier molecular flexibility index (Phi) is 5.31. The number of halogens is 2. The number of hydrogen-bond donors (Lipinski definition) is 0. The van der Waals surface area contributed by atoms with E-state index in [9.17, 15) is 9.18 Å². The molecule has 7 nitrogen and oxygen atoms in total. The summed E-state index contributed by atoms with van der Waals surface area (Å²) in [5, 5.41) is 12.4. The quantitative estimate of drug-likeness (QED) is 0.672. The number of aromatic nitrogens is 4. The minimum Gasteiger partial charge on any atom is -0.336 e. The van der Waals surface area contributed by atoms with E-state index in [2.05, 4.69) is 20.4 Å². The lowest BCUT2D eigenvalue weighted by Gasteiger charge is -2.34. The van der Waals surface area contributed by atoms with Crippen molar-refractivity contribution in [3.63, 3.8) is 0 Å². The second-order valence-corrected chi connectivity index (χ2v) is 7.00. The van der Waals surface area contributed by atoms with Crippen molar-refractivity contribution in [2.24, 2.45) is 0 Å². The minimum absolute atomic E-state index is 0.0155. The number of benzene rings is 2. The molecule has 0 bridgehead atoms. The van der Waals surface area contributed by atoms with Gasteiger partial charge in [-0.15, -0.1) is 5.10 Å². The first-order valence-corrected chi connectivity index (χ1v) is 9.28. The summed E-state index contributed by atoms with van der Waals surface area (Å²) in [5.74, 6) is 0.346. The van der Waals surface area contributed by atoms with Crippen molar-refractivity contribution in [3.8, 4) is 5.69 Å². The van der Waals surface area contributed by atoms with Gasteiger partial charge in [-0.3, -0.25) is 9.69 Å². The van der Waals surface area contributed by atoms with Crippen molar-refractivity contribution in [3.05, 3.63) is 70.8 Å². The van der Waals surface area contributed by atoms with Crippen LogP contribution < -0.4 is 0 Å². The van der Waals surface area contributed by atoms with E-state index < -0.39 is 0 Å². The second kappa shape index (κ2) is 8.04. The molecule has 0 saturated carbocycles. The van der Waals surface area contributed by atoms with E-state index in [-0.39, 0.29) is 11.7 Å². The van der Waals surface area contributed by atoms with E-state index >= 15 is 0 Å². The van der Waals surface area contributed by atoms with Gasteiger partial charge in [0.1, 0.15) is 5.82 Å². The molecule has 1 amide bonds. The Balaban J connectivity index is 1.38. The molecular weight excluding hydrogens is 383 g/mol. The highest BCUT2D eigenvalue weighted by Gasteiger charge is 2.23. The third-order valence-corrected chi connectivity index (χ3v) is 4.94. The van der Waals surface area contributed by atoms with Crippen LogP contribution in [0.4, 0.5) is 4.39 Å². The van der Waals surface area contributed by atoms with Crippen LogP contribution in [0.5, 0.6) is 0 Å². The Bertz CT molecular complexity index is 969. The molecule has 2 aromatic carbocycles. The number of hydrogen-bond acceptors (Lipinski definition) is 5. The van der Waals surface area contributed by atoms with Gasteiger partial charge in [0.15, 0.2) is 5.82 Å². The third-order valence-electron chi connectivity index (χ3n) is 4.70. The van der Waals surface area contributed by atoms with Gasteiger partial charge in [0.2, 0.25) is 0 Å². The van der Waals surface area contributed by atoms with Crippen molar-refractivity contribution in [1.82, 2.24) is 30.0 Å². The van der Waals surface area contributed by atoms with E-state index in [1.807, 2.05) is 4.90 Å². The van der Waals surface area contributed by atoms with Crippen molar-refractivity contribution in [2.45, 2.75) is 6.54 Å². The average Bonchev–Trinajstić information content (AvgIpc) is 3.17. The molecule has 9 heteroatoms. The number of carbonyl (C=O) groups is 1. The van der Waals surface area contributed by atoms with Gasteiger partial charge in [0, 0.05) is 36.8 Å². The number of nitrogens with zero attached hydrogens (tertiary/aromatic N) is 6. The van der Waals surface area contributed by atoms with Crippen LogP contribution in [0.3, 0.4) is 0 Å². The SMILES string of the molecule is O=C(c1cccc(Cl)c1)N1CCN(Cc2nnnn2-c2ccc(F)cc2)CC1. The third kappa shape index (κ3) is 4.02. The molecule has 0 spiro atoms. The first kappa shape index (κ1) is 18.5. The van der Waals surface area contributed by atoms with Gasteiger partial charge in [0.25, 0.3) is 5.91 Å². The van der Waals surface area contributed by atoms with Crippen molar-refractivity contribution >= 4 is 17.5 Å². The fourth-order valence-corrected chi connectivity index (χ4v) is 3.39. The molecule has 4 rings (SSSR count). The summed E-state index contributed by atoms with van der Waals surface area (Å²) < 4.78 is 14.7. The van der Waals surface area contributed by atoms with Gasteiger partial charge in [-0.1, -0.05) is 17.7 Å². The van der Waals surface area contributed by atoms with Crippen molar-refractivity contribution in [2.75, 3.05) is 26.2 Å². The number of piperazine rings is 1. The van der Waals surface area contributed by atoms with Crippen molar-refractivity contribution in [1.29, 1.82) is 0 Å². The Morgan fingerprint density at radius 2 is 1.82 bits per heavy atom. The molecule has 0 unspecified atom stereocenters. The molecule has 2 heterocycles. The second-order valence-electron chi connectivity index (χ2n) is 6.56. The lowest BCUT2D eigenvalue weighted by molar-refractivity contribution is 0.0624. The topological polar surface area (TPSA) is 67.2 Å². The molecule has 0 atom stereocenters. The average molecular weight is 401 g/mol. The predicted octanol–water partition coefficient (Wildman–Crippen LogP) is 2.41. The zero-order valence-corrected chi connectivity index (χ0v) is 15.8. The summed E-state index contributed by atoms with van der Waals surface area (Å²) in [7, 11) is 0. The Morgan fingerprint density at radius 1 is 1.07 bits per heavy atom. The molecule has 1 aromatic heterocycles. The van der Waals surface area contributed by atoms with Crippen LogP contribution in [0.25, 0.3) is 5.69 Å². The molecule has 3 aromatic rings. The van der Waals surface area contributed by atoms with E-state index in [4.69, 9.17) is 11.6 Å². The lowest BCUT2D eigenvalue weighted by atomic mass is 10.2. The summed E-state index contributed by atoms with van der Waals surface area (Å²) in [6, 6.07) is 13.0. The monoisotopic (exact) mass is 400 g/mol. The molecule has 0 N–H and O–H groups in total. The van der Waals surface area contributed by atoms with Gasteiger partial charge < -0.3 is 4.90 Å². The Morgan fingerprint density at radius 3 is 2.54 bits per heavy atom. The Labute approximate surface area is 166 Å². The van der Waals surface area contributed by atoms with Crippen LogP contribution in [0.15, 0.2) is 48.5 Å². The maximum Gasteiger partial charge on any atom is 0.253 e. The number of rotatable bonds is 4. The van der Waals surface area contributed by atoms with Gasteiger partial charge in [0.05, 0.1) is 12.2 Å². The molecule has 144 valence electrons. The minimum atomic E-state index is -0.307. The summed E-state index contributed by atoms with van der Waals surface area (Å²) in [5.41, 5.74) is 1.30. The van der Waals surface area contributed by atoms with E-state index in [1.165, 1.54) is 12.1 Å². The summed E-state index contributed by atoms with van der Waals surface area (Å²) >= 11 is 5.98. The first-order chi connectivity index (χ1) is 13.6. The largest absolute Gasteiger partial charge is 0.336 e. The van der Waals surface area contributed by atoms with Gasteiger partial charge in [-0.25, -0.2) is 4.39 Å². The van der Waals surface area contributed by atoms with Crippen LogP contribution >= 0.6 is 11.6 Å². The van der Waals surface area contributed by atoms with E-state index in [1.54, 1.807) is 41.1 Å². The zero-order valence-electron chi connectivity index (χ0n) is 15.0. The Hall–Kier alpha value is -2.84. The molecule has 28 heavy (non-hydrogen) atoms. The van der Waals surface area contributed by atoms with Gasteiger partial charge >= 0.3 is 0 Å². The smallest absolute Gasteiger partial charge is 0.253 e. The molecule has 1 fully saturated rings. The fourth-order valence-electron chi connectivity index (χ4n) is 3.20. The van der Waals surface area contributed by atoms with Crippen LogP contribution in [-0.2, 0) is 6.54 Å². The molecule has 1 saturated heterocycles. The first-order valence-electron chi connectivity index (χ1n) is 8.90. The van der Waals surface area contributed by atoms with Crippen LogP contribution in [-0.4, -0.2) is 62.1 Å². The normalized spacial score (nSPS) is 15.0. The lowest BCUT2D eigenvalue weighted by Crippen LogP contribution is -2.48. The fraction of sp³-hybridized carbons (Fsp3) is 0.263. The summed E-state index contributed by atoms with van der Waals surface area (Å²) in [6.07, 6.45) is 0. The summed E-state index contributed by atoms with van der Waals surface area (Å²) in [4.78, 5) is 16.6.